The zero-order valence-corrected chi connectivity index (χ0v) is 11.4. The third-order valence-electron chi connectivity index (χ3n) is 2.67. The number of halogens is 1. The zero-order valence-electron chi connectivity index (χ0n) is 9.85. The normalized spacial score (nSPS) is 10.6. The molecule has 0 amide bonds. The highest BCUT2D eigenvalue weighted by Gasteiger charge is 2.11. The Kier molecular flexibility index (Phi) is 3.99. The smallest absolute Gasteiger partial charge is 0.254 e. The number of hydrogen-bond donors (Lipinski definition) is 0. The second-order valence-corrected chi connectivity index (χ2v) is 5.17. The lowest BCUT2D eigenvalue weighted by molar-refractivity contribution is -0.111. The number of carbonyl (C=O) groups excluding carboxylic acids is 1. The minimum atomic E-state index is -0.515. The molecule has 2 aromatic heterocycles. The molecule has 0 radical (unpaired) electrons. The van der Waals surface area contributed by atoms with E-state index in [1.165, 1.54) is 0 Å². The van der Waals surface area contributed by atoms with Crippen molar-refractivity contribution in [2.75, 3.05) is 0 Å². The highest BCUT2D eigenvalue weighted by Crippen LogP contribution is 2.23. The van der Waals surface area contributed by atoms with Gasteiger partial charge >= 0.3 is 0 Å². The molecule has 2 aromatic rings. The Bertz CT molecular complexity index is 616. The molecular formula is C13H12ClNO2S. The molecule has 0 unspecified atom stereocenters. The molecule has 0 saturated carbocycles. The van der Waals surface area contributed by atoms with Crippen LogP contribution in [0.3, 0.4) is 0 Å². The van der Waals surface area contributed by atoms with Gasteiger partial charge in [0.1, 0.15) is 0 Å². The average Bonchev–Trinajstić information content (AvgIpc) is 2.84. The first-order chi connectivity index (χ1) is 8.63. The lowest BCUT2D eigenvalue weighted by Crippen LogP contribution is -2.25. The summed E-state index contributed by atoms with van der Waals surface area (Å²) in [5.74, 6) is 0. The summed E-state index contributed by atoms with van der Waals surface area (Å²) in [6.45, 7) is 2.47. The maximum Gasteiger partial charge on any atom is 0.254 e. The average molecular weight is 282 g/mol. The van der Waals surface area contributed by atoms with Crippen LogP contribution in [0, 0.1) is 0 Å². The van der Waals surface area contributed by atoms with Crippen LogP contribution in [-0.2, 0) is 17.8 Å². The van der Waals surface area contributed by atoms with Gasteiger partial charge in [0.25, 0.3) is 5.56 Å². The molecule has 94 valence electrons. The molecular weight excluding hydrogens is 270 g/mol. The first kappa shape index (κ1) is 13.1. The van der Waals surface area contributed by atoms with Gasteiger partial charge in [-0.05, 0) is 36.0 Å². The van der Waals surface area contributed by atoms with Gasteiger partial charge in [-0.3, -0.25) is 9.59 Å². The van der Waals surface area contributed by atoms with E-state index < -0.39 is 5.24 Å². The summed E-state index contributed by atoms with van der Waals surface area (Å²) in [7, 11) is 0. The minimum Gasteiger partial charge on any atom is -0.307 e. The second-order valence-electron chi connectivity index (χ2n) is 3.80. The largest absolute Gasteiger partial charge is 0.307 e. The Morgan fingerprint density at radius 2 is 2.17 bits per heavy atom. The number of rotatable bonds is 4. The van der Waals surface area contributed by atoms with E-state index in [0.29, 0.717) is 12.1 Å². The molecule has 0 spiro atoms. The van der Waals surface area contributed by atoms with E-state index in [-0.39, 0.29) is 12.0 Å². The van der Waals surface area contributed by atoms with Crippen molar-refractivity contribution in [1.29, 1.82) is 0 Å². The van der Waals surface area contributed by atoms with E-state index in [0.717, 1.165) is 10.6 Å². The van der Waals surface area contributed by atoms with E-state index in [1.807, 2.05) is 30.5 Å². The molecule has 0 aliphatic heterocycles. The Hall–Kier alpha value is -1.39. The molecule has 0 N–H and O–H groups in total. The van der Waals surface area contributed by atoms with Gasteiger partial charge in [-0.25, -0.2) is 0 Å². The molecule has 2 rings (SSSR count). The maximum atomic E-state index is 12.2. The predicted molar refractivity (Wildman–Crippen MR) is 74.3 cm³/mol. The number of pyridine rings is 1. The molecule has 0 atom stereocenters. The van der Waals surface area contributed by atoms with E-state index in [2.05, 4.69) is 0 Å². The number of nitrogens with zero attached hydrogens (tertiary/aromatic N) is 1. The fourth-order valence-electron chi connectivity index (χ4n) is 1.86. The lowest BCUT2D eigenvalue weighted by atomic mass is 10.2. The van der Waals surface area contributed by atoms with Crippen molar-refractivity contribution in [3.05, 3.63) is 45.6 Å². The van der Waals surface area contributed by atoms with Crippen molar-refractivity contribution in [2.45, 2.75) is 19.9 Å². The summed E-state index contributed by atoms with van der Waals surface area (Å²) < 4.78 is 1.67. The maximum absolute atomic E-state index is 12.2. The van der Waals surface area contributed by atoms with Crippen LogP contribution in [0.2, 0.25) is 0 Å². The van der Waals surface area contributed by atoms with Crippen molar-refractivity contribution in [1.82, 2.24) is 4.57 Å². The standard InChI is InChI=1S/C13H12ClNO2S/c1-2-15-10(11-4-3-7-18-11)6-5-9(13(15)17)8-12(14)16/h3-7H,2,8H2,1H3. The van der Waals surface area contributed by atoms with E-state index in [1.54, 1.807) is 22.0 Å². The fourth-order valence-corrected chi connectivity index (χ4v) is 2.77. The third-order valence-corrected chi connectivity index (χ3v) is 3.70. The predicted octanol–water partition coefficient (Wildman–Crippen LogP) is 2.90. The van der Waals surface area contributed by atoms with Gasteiger partial charge in [-0.15, -0.1) is 11.3 Å². The van der Waals surface area contributed by atoms with E-state index in [9.17, 15) is 9.59 Å². The Labute approximate surface area is 114 Å². The molecule has 0 aromatic carbocycles. The molecule has 5 heteroatoms. The molecule has 0 fully saturated rings. The van der Waals surface area contributed by atoms with Crippen molar-refractivity contribution in [3.8, 4) is 10.6 Å². The van der Waals surface area contributed by atoms with E-state index >= 15 is 0 Å². The number of hydrogen-bond acceptors (Lipinski definition) is 3. The summed E-state index contributed by atoms with van der Waals surface area (Å²) in [4.78, 5) is 24.1. The van der Waals surface area contributed by atoms with Crippen LogP contribution in [0.15, 0.2) is 34.4 Å². The molecule has 18 heavy (non-hydrogen) atoms. The molecule has 0 aliphatic rings. The summed E-state index contributed by atoms with van der Waals surface area (Å²) >= 11 is 6.92. The van der Waals surface area contributed by atoms with Crippen molar-refractivity contribution >= 4 is 28.2 Å². The summed E-state index contributed by atoms with van der Waals surface area (Å²) in [5.41, 5.74) is 1.18. The van der Waals surface area contributed by atoms with E-state index in [4.69, 9.17) is 11.6 Å². The monoisotopic (exact) mass is 281 g/mol. The summed E-state index contributed by atoms with van der Waals surface area (Å²) in [6.07, 6.45) is -0.0227. The van der Waals surface area contributed by atoms with Gasteiger partial charge < -0.3 is 4.57 Å². The van der Waals surface area contributed by atoms with Crippen LogP contribution in [0.4, 0.5) is 0 Å². The summed E-state index contributed by atoms with van der Waals surface area (Å²) in [5, 5.41) is 1.45. The highest BCUT2D eigenvalue weighted by atomic mass is 35.5. The molecule has 3 nitrogen and oxygen atoms in total. The Balaban J connectivity index is 2.55. The van der Waals surface area contributed by atoms with Crippen LogP contribution in [0.5, 0.6) is 0 Å². The SMILES string of the molecule is CCn1c(-c2cccs2)ccc(CC(=O)Cl)c1=O. The van der Waals surface area contributed by atoms with Crippen LogP contribution in [0.25, 0.3) is 10.6 Å². The van der Waals surface area contributed by atoms with Gasteiger partial charge in [0.15, 0.2) is 0 Å². The first-order valence-corrected chi connectivity index (χ1v) is 6.84. The topological polar surface area (TPSA) is 39.1 Å². The van der Waals surface area contributed by atoms with Crippen LogP contribution in [-0.4, -0.2) is 9.81 Å². The van der Waals surface area contributed by atoms with Crippen LogP contribution < -0.4 is 5.56 Å². The van der Waals surface area contributed by atoms with Crippen molar-refractivity contribution in [3.63, 3.8) is 0 Å². The molecule has 0 bridgehead atoms. The molecule has 2 heterocycles. The molecule has 0 saturated heterocycles. The van der Waals surface area contributed by atoms with Gasteiger partial charge in [0.2, 0.25) is 5.24 Å². The quantitative estimate of drug-likeness (QED) is 0.809. The number of carbonyl (C=O) groups is 1. The van der Waals surface area contributed by atoms with Crippen molar-refractivity contribution < 1.29 is 4.79 Å². The number of aromatic nitrogens is 1. The highest BCUT2D eigenvalue weighted by molar-refractivity contribution is 7.13. The third kappa shape index (κ3) is 2.54. The van der Waals surface area contributed by atoms with Crippen molar-refractivity contribution in [2.24, 2.45) is 0 Å². The molecule has 0 aliphatic carbocycles. The Morgan fingerprint density at radius 3 is 2.72 bits per heavy atom. The first-order valence-electron chi connectivity index (χ1n) is 5.58. The number of thiophene rings is 1. The Morgan fingerprint density at radius 1 is 1.39 bits per heavy atom. The fraction of sp³-hybridized carbons (Fsp3) is 0.231. The second kappa shape index (κ2) is 5.50. The van der Waals surface area contributed by atoms with Gasteiger partial charge in [0.05, 0.1) is 17.0 Å². The van der Waals surface area contributed by atoms with Gasteiger partial charge in [-0.1, -0.05) is 12.1 Å². The van der Waals surface area contributed by atoms with Crippen LogP contribution >= 0.6 is 22.9 Å². The minimum absolute atomic E-state index is 0.0227. The lowest BCUT2D eigenvalue weighted by Gasteiger charge is -2.10. The van der Waals surface area contributed by atoms with Crippen LogP contribution in [0.1, 0.15) is 12.5 Å². The zero-order chi connectivity index (χ0) is 13.1. The van der Waals surface area contributed by atoms with Gasteiger partial charge in [-0.2, -0.15) is 0 Å². The summed E-state index contributed by atoms with van der Waals surface area (Å²) in [6, 6.07) is 7.47. The van der Waals surface area contributed by atoms with Gasteiger partial charge in [0, 0.05) is 12.1 Å².